The van der Waals surface area contributed by atoms with E-state index in [0.29, 0.717) is 5.41 Å². The summed E-state index contributed by atoms with van der Waals surface area (Å²) >= 11 is 0. The van der Waals surface area contributed by atoms with Gasteiger partial charge in [0.2, 0.25) is 0 Å². The molecule has 0 radical (unpaired) electrons. The second-order valence-corrected chi connectivity index (χ2v) is 9.53. The zero-order valence-corrected chi connectivity index (χ0v) is 15.9. The molecule has 1 N–H and O–H groups in total. The molecular formula is C18H38N2O. The van der Waals surface area contributed by atoms with Crippen molar-refractivity contribution in [2.75, 3.05) is 26.2 Å². The predicted octanol–water partition coefficient (Wildman–Crippen LogP) is 3.68. The van der Waals surface area contributed by atoms with Crippen LogP contribution < -0.4 is 5.32 Å². The summed E-state index contributed by atoms with van der Waals surface area (Å²) < 4.78 is 6.20. The first-order valence-corrected chi connectivity index (χ1v) is 8.44. The number of nitrogens with zero attached hydrogens (tertiary/aromatic N) is 1. The number of hydrogen-bond donors (Lipinski definition) is 1. The summed E-state index contributed by atoms with van der Waals surface area (Å²) in [6.45, 7) is 24.5. The van der Waals surface area contributed by atoms with Crippen LogP contribution in [0.2, 0.25) is 0 Å². The van der Waals surface area contributed by atoms with E-state index in [-0.39, 0.29) is 16.7 Å². The zero-order chi connectivity index (χ0) is 16.5. The average molecular weight is 299 g/mol. The van der Waals surface area contributed by atoms with Crippen molar-refractivity contribution in [3.8, 4) is 0 Å². The second kappa shape index (κ2) is 6.17. The molecule has 1 atom stereocenters. The molecule has 0 aromatic heterocycles. The van der Waals surface area contributed by atoms with Crippen LogP contribution >= 0.6 is 0 Å². The Labute approximate surface area is 132 Å². The molecule has 0 amide bonds. The van der Waals surface area contributed by atoms with Crippen molar-refractivity contribution < 1.29 is 4.74 Å². The summed E-state index contributed by atoms with van der Waals surface area (Å²) in [7, 11) is 0. The van der Waals surface area contributed by atoms with Gasteiger partial charge in [0, 0.05) is 31.7 Å². The maximum atomic E-state index is 6.20. The largest absolute Gasteiger partial charge is 0.367 e. The van der Waals surface area contributed by atoms with Crippen LogP contribution in [0.3, 0.4) is 0 Å². The maximum Gasteiger partial charge on any atom is 0.0760 e. The molecule has 21 heavy (non-hydrogen) atoms. The van der Waals surface area contributed by atoms with Gasteiger partial charge in [0.1, 0.15) is 0 Å². The highest BCUT2D eigenvalue weighted by molar-refractivity contribution is 4.92. The SMILES string of the molecule is CCC(C)(CNC(C)(C)C)CN1CC(C)(C)OC(C)(C)C1. The summed E-state index contributed by atoms with van der Waals surface area (Å²) in [4.78, 5) is 2.59. The van der Waals surface area contributed by atoms with Gasteiger partial charge in [-0.2, -0.15) is 0 Å². The second-order valence-electron chi connectivity index (χ2n) is 9.53. The molecule has 0 aromatic carbocycles. The number of nitrogens with one attached hydrogen (secondary N) is 1. The Bertz CT molecular complexity index is 328. The van der Waals surface area contributed by atoms with Crippen LogP contribution in [0.15, 0.2) is 0 Å². The lowest BCUT2D eigenvalue weighted by molar-refractivity contribution is -0.184. The fourth-order valence-corrected chi connectivity index (χ4v) is 3.37. The van der Waals surface area contributed by atoms with E-state index in [2.05, 4.69) is 72.5 Å². The summed E-state index contributed by atoms with van der Waals surface area (Å²) in [6, 6.07) is 0. The molecule has 126 valence electrons. The van der Waals surface area contributed by atoms with Crippen LogP contribution in [0, 0.1) is 5.41 Å². The van der Waals surface area contributed by atoms with Gasteiger partial charge in [-0.05, 0) is 60.3 Å². The summed E-state index contributed by atoms with van der Waals surface area (Å²) in [6.07, 6.45) is 1.19. The van der Waals surface area contributed by atoms with Crippen molar-refractivity contribution in [2.45, 2.75) is 85.5 Å². The maximum absolute atomic E-state index is 6.20. The fraction of sp³-hybridized carbons (Fsp3) is 1.00. The van der Waals surface area contributed by atoms with Crippen molar-refractivity contribution >= 4 is 0 Å². The molecule has 0 aromatic rings. The molecule has 1 fully saturated rings. The lowest BCUT2D eigenvalue weighted by Gasteiger charge is -2.49. The molecule has 0 aliphatic carbocycles. The van der Waals surface area contributed by atoms with Crippen LogP contribution in [-0.4, -0.2) is 47.8 Å². The van der Waals surface area contributed by atoms with Gasteiger partial charge in [0.25, 0.3) is 0 Å². The topological polar surface area (TPSA) is 24.5 Å². The van der Waals surface area contributed by atoms with Crippen molar-refractivity contribution in [1.82, 2.24) is 10.2 Å². The molecule has 0 bridgehead atoms. The molecule has 1 rings (SSSR count). The standard InChI is InChI=1S/C18H38N2O/c1-10-18(9,11-19-15(2,3)4)14-20-12-16(5,6)21-17(7,8)13-20/h19H,10-14H2,1-9H3. The van der Waals surface area contributed by atoms with Crippen molar-refractivity contribution in [1.29, 1.82) is 0 Å². The predicted molar refractivity (Wildman–Crippen MR) is 91.8 cm³/mol. The smallest absolute Gasteiger partial charge is 0.0760 e. The molecule has 3 heteroatoms. The normalized spacial score (nSPS) is 25.6. The number of rotatable bonds is 5. The first-order valence-electron chi connectivity index (χ1n) is 8.44. The van der Waals surface area contributed by atoms with Crippen LogP contribution in [0.25, 0.3) is 0 Å². The molecule has 0 spiro atoms. The quantitative estimate of drug-likeness (QED) is 0.838. The van der Waals surface area contributed by atoms with E-state index in [1.54, 1.807) is 0 Å². The third kappa shape index (κ3) is 6.66. The van der Waals surface area contributed by atoms with E-state index in [0.717, 1.165) is 26.2 Å². The van der Waals surface area contributed by atoms with Crippen LogP contribution in [0.4, 0.5) is 0 Å². The van der Waals surface area contributed by atoms with Gasteiger partial charge in [0.15, 0.2) is 0 Å². The van der Waals surface area contributed by atoms with Gasteiger partial charge in [-0.15, -0.1) is 0 Å². The Morgan fingerprint density at radius 3 is 1.86 bits per heavy atom. The van der Waals surface area contributed by atoms with Gasteiger partial charge < -0.3 is 10.1 Å². The minimum atomic E-state index is -0.0616. The molecule has 1 aliphatic heterocycles. The number of ether oxygens (including phenoxy) is 1. The lowest BCUT2D eigenvalue weighted by atomic mass is 9.84. The highest BCUT2D eigenvalue weighted by atomic mass is 16.5. The first-order chi connectivity index (χ1) is 9.26. The molecule has 1 heterocycles. The van der Waals surface area contributed by atoms with Gasteiger partial charge in [-0.1, -0.05) is 13.8 Å². The molecule has 0 saturated carbocycles. The van der Waals surface area contributed by atoms with Crippen molar-refractivity contribution in [2.24, 2.45) is 5.41 Å². The van der Waals surface area contributed by atoms with Gasteiger partial charge in [-0.3, -0.25) is 4.90 Å². The van der Waals surface area contributed by atoms with E-state index in [4.69, 9.17) is 4.74 Å². The van der Waals surface area contributed by atoms with E-state index in [9.17, 15) is 0 Å². The Balaban J connectivity index is 2.71. The van der Waals surface area contributed by atoms with Crippen molar-refractivity contribution in [3.05, 3.63) is 0 Å². The zero-order valence-electron chi connectivity index (χ0n) is 15.9. The summed E-state index contributed by atoms with van der Waals surface area (Å²) in [5.41, 5.74) is 0.360. The van der Waals surface area contributed by atoms with E-state index in [1.165, 1.54) is 6.42 Å². The number of hydrogen-bond acceptors (Lipinski definition) is 3. The van der Waals surface area contributed by atoms with Crippen LogP contribution in [-0.2, 0) is 4.74 Å². The Hall–Kier alpha value is -0.120. The minimum absolute atomic E-state index is 0.0616. The van der Waals surface area contributed by atoms with Crippen molar-refractivity contribution in [3.63, 3.8) is 0 Å². The average Bonchev–Trinajstić information content (AvgIpc) is 2.21. The Kier molecular flexibility index (Phi) is 5.56. The first kappa shape index (κ1) is 18.9. The molecular weight excluding hydrogens is 260 g/mol. The highest BCUT2D eigenvalue weighted by Gasteiger charge is 2.40. The Morgan fingerprint density at radius 2 is 1.48 bits per heavy atom. The van der Waals surface area contributed by atoms with Crippen LogP contribution in [0.1, 0.15) is 68.7 Å². The van der Waals surface area contributed by atoms with Gasteiger partial charge in [0.05, 0.1) is 11.2 Å². The third-order valence-electron chi connectivity index (χ3n) is 4.27. The third-order valence-corrected chi connectivity index (χ3v) is 4.27. The minimum Gasteiger partial charge on any atom is -0.367 e. The monoisotopic (exact) mass is 298 g/mol. The summed E-state index contributed by atoms with van der Waals surface area (Å²) in [5.74, 6) is 0. The van der Waals surface area contributed by atoms with Crippen LogP contribution in [0.5, 0.6) is 0 Å². The van der Waals surface area contributed by atoms with E-state index < -0.39 is 0 Å². The van der Waals surface area contributed by atoms with Gasteiger partial charge in [-0.25, -0.2) is 0 Å². The van der Waals surface area contributed by atoms with E-state index in [1.807, 2.05) is 0 Å². The highest BCUT2D eigenvalue weighted by Crippen LogP contribution is 2.31. The van der Waals surface area contributed by atoms with Gasteiger partial charge >= 0.3 is 0 Å². The molecule has 1 aliphatic rings. The lowest BCUT2D eigenvalue weighted by Crippen LogP contribution is -2.59. The Morgan fingerprint density at radius 1 is 1.00 bits per heavy atom. The number of morpholine rings is 1. The molecule has 1 unspecified atom stereocenters. The van der Waals surface area contributed by atoms with E-state index >= 15 is 0 Å². The fourth-order valence-electron chi connectivity index (χ4n) is 3.37. The molecule has 1 saturated heterocycles. The molecule has 3 nitrogen and oxygen atoms in total. The summed E-state index contributed by atoms with van der Waals surface area (Å²) in [5, 5.41) is 3.69.